The standard InChI is InChI=1S/C14H28N2/c1-3-15-14-8-6-4-5-7-12(14)11-16(2)13-9-10-13/h12-15H,3-11H2,1-2H3. The van der Waals surface area contributed by atoms with Crippen LogP contribution in [0.1, 0.15) is 51.9 Å². The Kier molecular flexibility index (Phi) is 4.66. The van der Waals surface area contributed by atoms with Crippen molar-refractivity contribution in [1.29, 1.82) is 0 Å². The number of nitrogens with zero attached hydrogens (tertiary/aromatic N) is 1. The topological polar surface area (TPSA) is 15.3 Å². The third-order valence-corrected chi connectivity index (χ3v) is 4.32. The third-order valence-electron chi connectivity index (χ3n) is 4.32. The van der Waals surface area contributed by atoms with E-state index in [-0.39, 0.29) is 0 Å². The Morgan fingerprint density at radius 1 is 1.06 bits per heavy atom. The van der Waals surface area contributed by atoms with E-state index in [2.05, 4.69) is 24.2 Å². The van der Waals surface area contributed by atoms with Crippen molar-refractivity contribution in [3.63, 3.8) is 0 Å². The fraction of sp³-hybridized carbons (Fsp3) is 1.00. The Morgan fingerprint density at radius 2 is 1.81 bits per heavy atom. The van der Waals surface area contributed by atoms with E-state index in [1.54, 1.807) is 0 Å². The highest BCUT2D eigenvalue weighted by Crippen LogP contribution is 2.29. The van der Waals surface area contributed by atoms with Crippen LogP contribution in [0.15, 0.2) is 0 Å². The van der Waals surface area contributed by atoms with Crippen molar-refractivity contribution in [2.45, 2.75) is 64.0 Å². The van der Waals surface area contributed by atoms with E-state index in [9.17, 15) is 0 Å². The highest BCUT2D eigenvalue weighted by atomic mass is 15.2. The molecule has 2 fully saturated rings. The van der Waals surface area contributed by atoms with Crippen LogP contribution in [-0.2, 0) is 0 Å². The summed E-state index contributed by atoms with van der Waals surface area (Å²) in [6.07, 6.45) is 10.0. The van der Waals surface area contributed by atoms with Gasteiger partial charge in [-0.05, 0) is 45.2 Å². The van der Waals surface area contributed by atoms with Crippen molar-refractivity contribution in [1.82, 2.24) is 10.2 Å². The van der Waals surface area contributed by atoms with Crippen molar-refractivity contribution >= 4 is 0 Å². The molecule has 0 aliphatic heterocycles. The van der Waals surface area contributed by atoms with Gasteiger partial charge in [-0.1, -0.05) is 26.2 Å². The Labute approximate surface area is 101 Å². The maximum Gasteiger partial charge on any atom is 0.0107 e. The molecule has 1 N–H and O–H groups in total. The minimum Gasteiger partial charge on any atom is -0.314 e. The number of nitrogens with one attached hydrogen (secondary N) is 1. The molecule has 94 valence electrons. The lowest BCUT2D eigenvalue weighted by molar-refractivity contribution is 0.219. The smallest absolute Gasteiger partial charge is 0.0107 e. The first-order chi connectivity index (χ1) is 7.81. The van der Waals surface area contributed by atoms with Crippen molar-refractivity contribution in [2.75, 3.05) is 20.1 Å². The summed E-state index contributed by atoms with van der Waals surface area (Å²) < 4.78 is 0. The zero-order valence-electron chi connectivity index (χ0n) is 11.0. The van der Waals surface area contributed by atoms with Gasteiger partial charge in [-0.3, -0.25) is 0 Å². The van der Waals surface area contributed by atoms with E-state index in [0.717, 1.165) is 24.5 Å². The van der Waals surface area contributed by atoms with Gasteiger partial charge in [0.05, 0.1) is 0 Å². The maximum absolute atomic E-state index is 3.71. The van der Waals surface area contributed by atoms with E-state index < -0.39 is 0 Å². The molecular weight excluding hydrogens is 196 g/mol. The minimum atomic E-state index is 0.786. The summed E-state index contributed by atoms with van der Waals surface area (Å²) in [6.45, 7) is 4.70. The minimum absolute atomic E-state index is 0.786. The van der Waals surface area contributed by atoms with Crippen molar-refractivity contribution in [3.8, 4) is 0 Å². The quantitative estimate of drug-likeness (QED) is 0.722. The maximum atomic E-state index is 3.71. The van der Waals surface area contributed by atoms with Gasteiger partial charge >= 0.3 is 0 Å². The summed E-state index contributed by atoms with van der Waals surface area (Å²) in [5.41, 5.74) is 0. The molecule has 2 unspecified atom stereocenters. The molecule has 0 saturated heterocycles. The molecule has 2 aliphatic rings. The molecule has 2 heteroatoms. The first-order valence-electron chi connectivity index (χ1n) is 7.25. The van der Waals surface area contributed by atoms with Crippen molar-refractivity contribution in [2.24, 2.45) is 5.92 Å². The molecule has 0 spiro atoms. The van der Waals surface area contributed by atoms with Gasteiger partial charge in [0.2, 0.25) is 0 Å². The predicted molar refractivity (Wildman–Crippen MR) is 69.7 cm³/mol. The summed E-state index contributed by atoms with van der Waals surface area (Å²) >= 11 is 0. The van der Waals surface area contributed by atoms with E-state index in [4.69, 9.17) is 0 Å². The molecule has 2 aliphatic carbocycles. The van der Waals surface area contributed by atoms with Crippen LogP contribution in [0.5, 0.6) is 0 Å². The molecule has 0 heterocycles. The zero-order chi connectivity index (χ0) is 11.4. The van der Waals surface area contributed by atoms with Crippen LogP contribution >= 0.6 is 0 Å². The van der Waals surface area contributed by atoms with Crippen LogP contribution in [0.4, 0.5) is 0 Å². The molecule has 2 nitrogen and oxygen atoms in total. The Bertz CT molecular complexity index is 201. The van der Waals surface area contributed by atoms with E-state index >= 15 is 0 Å². The predicted octanol–water partition coefficient (Wildman–Crippen LogP) is 2.64. The third kappa shape index (κ3) is 3.46. The molecule has 16 heavy (non-hydrogen) atoms. The largest absolute Gasteiger partial charge is 0.314 e. The number of hydrogen-bond donors (Lipinski definition) is 1. The molecule has 0 bridgehead atoms. The average molecular weight is 224 g/mol. The highest BCUT2D eigenvalue weighted by Gasteiger charge is 2.30. The zero-order valence-corrected chi connectivity index (χ0v) is 11.0. The lowest BCUT2D eigenvalue weighted by atomic mass is 9.94. The van der Waals surface area contributed by atoms with Gasteiger partial charge in [-0.25, -0.2) is 0 Å². The van der Waals surface area contributed by atoms with Crippen molar-refractivity contribution in [3.05, 3.63) is 0 Å². The molecular formula is C14H28N2. The van der Waals surface area contributed by atoms with Crippen LogP contribution in [0.3, 0.4) is 0 Å². The molecule has 0 aromatic rings. The Morgan fingerprint density at radius 3 is 2.50 bits per heavy atom. The fourth-order valence-electron chi connectivity index (χ4n) is 3.17. The summed E-state index contributed by atoms with van der Waals surface area (Å²) in [7, 11) is 2.32. The van der Waals surface area contributed by atoms with E-state index in [1.807, 2.05) is 0 Å². The van der Waals surface area contributed by atoms with Gasteiger partial charge in [0, 0.05) is 18.6 Å². The van der Waals surface area contributed by atoms with E-state index in [1.165, 1.54) is 51.5 Å². The molecule has 0 amide bonds. The summed E-state index contributed by atoms with van der Waals surface area (Å²) in [4.78, 5) is 2.61. The Hall–Kier alpha value is -0.0800. The summed E-state index contributed by atoms with van der Waals surface area (Å²) in [5.74, 6) is 0.896. The average Bonchev–Trinajstić information content (AvgIpc) is 3.07. The van der Waals surface area contributed by atoms with Gasteiger partial charge < -0.3 is 10.2 Å². The molecule has 0 aromatic heterocycles. The van der Waals surface area contributed by atoms with Crippen molar-refractivity contribution < 1.29 is 0 Å². The van der Waals surface area contributed by atoms with Gasteiger partial charge in [-0.15, -0.1) is 0 Å². The van der Waals surface area contributed by atoms with Crippen LogP contribution in [0.25, 0.3) is 0 Å². The number of hydrogen-bond acceptors (Lipinski definition) is 2. The highest BCUT2D eigenvalue weighted by molar-refractivity contribution is 4.87. The molecule has 2 atom stereocenters. The second kappa shape index (κ2) is 6.02. The summed E-state index contributed by atoms with van der Waals surface area (Å²) in [5, 5.41) is 3.71. The van der Waals surface area contributed by atoms with Gasteiger partial charge in [0.15, 0.2) is 0 Å². The first-order valence-corrected chi connectivity index (χ1v) is 7.25. The Balaban J connectivity index is 1.85. The van der Waals surface area contributed by atoms with Crippen LogP contribution in [-0.4, -0.2) is 37.1 Å². The monoisotopic (exact) mass is 224 g/mol. The molecule has 2 saturated carbocycles. The van der Waals surface area contributed by atoms with Crippen LogP contribution in [0, 0.1) is 5.92 Å². The van der Waals surface area contributed by atoms with Gasteiger partial charge in [0.25, 0.3) is 0 Å². The fourth-order valence-corrected chi connectivity index (χ4v) is 3.17. The number of rotatable bonds is 5. The van der Waals surface area contributed by atoms with Crippen LogP contribution in [0.2, 0.25) is 0 Å². The van der Waals surface area contributed by atoms with Crippen LogP contribution < -0.4 is 5.32 Å². The lowest BCUT2D eigenvalue weighted by Crippen LogP contribution is -2.41. The normalized spacial score (nSPS) is 31.7. The SMILES string of the molecule is CCNC1CCCCCC1CN(C)C1CC1. The first kappa shape index (κ1) is 12.4. The molecule has 0 aromatic carbocycles. The summed E-state index contributed by atoms with van der Waals surface area (Å²) in [6, 6.07) is 1.71. The van der Waals surface area contributed by atoms with Gasteiger partial charge in [-0.2, -0.15) is 0 Å². The van der Waals surface area contributed by atoms with Gasteiger partial charge in [0.1, 0.15) is 0 Å². The molecule has 2 rings (SSSR count). The second-order valence-corrected chi connectivity index (χ2v) is 5.73. The second-order valence-electron chi connectivity index (χ2n) is 5.73. The van der Waals surface area contributed by atoms with E-state index in [0.29, 0.717) is 0 Å². The lowest BCUT2D eigenvalue weighted by Gasteiger charge is -2.30. The molecule has 0 radical (unpaired) electrons.